The first-order valence-corrected chi connectivity index (χ1v) is 8.67. The smallest absolute Gasteiger partial charge is 0.337 e. The van der Waals surface area contributed by atoms with Crippen molar-refractivity contribution in [3.8, 4) is 5.75 Å². The Balaban J connectivity index is 1.88. The lowest BCUT2D eigenvalue weighted by Gasteiger charge is -2.16. The lowest BCUT2D eigenvalue weighted by molar-refractivity contribution is -0.385. The molecule has 0 unspecified atom stereocenters. The maximum absolute atomic E-state index is 12.1. The second-order valence-electron chi connectivity index (χ2n) is 5.64. The molecule has 0 saturated heterocycles. The molecule has 3 amide bonds. The largest absolute Gasteiger partial charge is 0.481 e. The number of carbonyl (C=O) groups excluding carboxylic acids is 2. The average Bonchev–Trinajstić information content (AvgIpc) is 2.63. The van der Waals surface area contributed by atoms with E-state index in [1.807, 2.05) is 0 Å². The summed E-state index contributed by atoms with van der Waals surface area (Å²) in [6, 6.07) is 8.09. The number of benzene rings is 2. The molecule has 0 heterocycles. The van der Waals surface area contributed by atoms with Crippen LogP contribution >= 0.6 is 23.2 Å². The van der Waals surface area contributed by atoms with Crippen LogP contribution in [0.15, 0.2) is 36.4 Å². The number of urea groups is 1. The van der Waals surface area contributed by atoms with Crippen molar-refractivity contribution < 1.29 is 19.2 Å². The molecule has 0 aliphatic rings. The van der Waals surface area contributed by atoms with Crippen LogP contribution in [0, 0.1) is 17.0 Å². The fourth-order valence-electron chi connectivity index (χ4n) is 2.14. The van der Waals surface area contributed by atoms with Gasteiger partial charge < -0.3 is 10.1 Å². The molecule has 0 saturated carbocycles. The first kappa shape index (κ1) is 21.3. The number of amides is 3. The first-order chi connectivity index (χ1) is 13.2. The quantitative estimate of drug-likeness (QED) is 0.495. The van der Waals surface area contributed by atoms with Crippen LogP contribution in [0.5, 0.6) is 5.75 Å². The van der Waals surface area contributed by atoms with E-state index in [9.17, 15) is 19.7 Å². The van der Waals surface area contributed by atoms with Crippen molar-refractivity contribution in [1.29, 1.82) is 0 Å². The molecule has 2 rings (SSSR count). The minimum Gasteiger partial charge on any atom is -0.481 e. The summed E-state index contributed by atoms with van der Waals surface area (Å²) in [5, 5.41) is 13.7. The zero-order chi connectivity index (χ0) is 20.8. The summed E-state index contributed by atoms with van der Waals surface area (Å²) >= 11 is 11.8. The van der Waals surface area contributed by atoms with Crippen molar-refractivity contribution in [3.63, 3.8) is 0 Å². The van der Waals surface area contributed by atoms with Crippen LogP contribution in [-0.2, 0) is 4.79 Å². The number of hydrogen-bond acceptors (Lipinski definition) is 5. The highest BCUT2D eigenvalue weighted by molar-refractivity contribution is 6.43. The molecule has 28 heavy (non-hydrogen) atoms. The third-order valence-corrected chi connectivity index (χ3v) is 4.36. The van der Waals surface area contributed by atoms with Crippen molar-refractivity contribution in [3.05, 3.63) is 62.1 Å². The Hall–Kier alpha value is -3.04. The summed E-state index contributed by atoms with van der Waals surface area (Å²) in [6.07, 6.45) is -0.976. The molecule has 3 N–H and O–H groups in total. The number of anilines is 1. The third kappa shape index (κ3) is 5.48. The number of aryl methyl sites for hydroxylation is 1. The maximum Gasteiger partial charge on any atom is 0.337 e. The number of nitrogens with zero attached hydrogens (tertiary/aromatic N) is 1. The third-order valence-electron chi connectivity index (χ3n) is 3.55. The summed E-state index contributed by atoms with van der Waals surface area (Å²) in [6.45, 7) is 3.02. The SMILES string of the molecule is Cc1cc(O[C@@H](C)C(=O)NNC(=O)Nc2cccc(Cl)c2Cl)ccc1[N+](=O)[O-]. The van der Waals surface area contributed by atoms with Crippen LogP contribution in [0.3, 0.4) is 0 Å². The monoisotopic (exact) mass is 426 g/mol. The number of ether oxygens (including phenoxy) is 1. The number of rotatable bonds is 5. The molecular formula is C17H16Cl2N4O5. The van der Waals surface area contributed by atoms with Crippen LogP contribution < -0.4 is 20.9 Å². The van der Waals surface area contributed by atoms with E-state index in [4.69, 9.17) is 27.9 Å². The molecule has 0 aliphatic carbocycles. The summed E-state index contributed by atoms with van der Waals surface area (Å²) in [5.41, 5.74) is 4.96. The minimum atomic E-state index is -0.976. The predicted molar refractivity (Wildman–Crippen MR) is 105 cm³/mol. The van der Waals surface area contributed by atoms with Crippen LogP contribution in [0.2, 0.25) is 10.0 Å². The number of hydrogen-bond donors (Lipinski definition) is 3. The van der Waals surface area contributed by atoms with Gasteiger partial charge >= 0.3 is 6.03 Å². The fraction of sp³-hybridized carbons (Fsp3) is 0.176. The number of hydrazine groups is 1. The number of nitrogens with one attached hydrogen (secondary N) is 3. The average molecular weight is 427 g/mol. The molecule has 11 heteroatoms. The van der Waals surface area contributed by atoms with Gasteiger partial charge in [0.1, 0.15) is 5.75 Å². The van der Waals surface area contributed by atoms with Gasteiger partial charge in [-0.2, -0.15) is 0 Å². The molecule has 2 aromatic rings. The van der Waals surface area contributed by atoms with Crippen molar-refractivity contribution >= 4 is 46.5 Å². The highest BCUT2D eigenvalue weighted by atomic mass is 35.5. The number of nitro benzene ring substituents is 1. The molecule has 0 aliphatic heterocycles. The summed E-state index contributed by atoms with van der Waals surface area (Å²) < 4.78 is 5.43. The van der Waals surface area contributed by atoms with Gasteiger partial charge in [0.25, 0.3) is 11.6 Å². The normalized spacial score (nSPS) is 11.3. The molecule has 0 fully saturated rings. The summed E-state index contributed by atoms with van der Waals surface area (Å²) in [5.74, 6) is -0.357. The molecule has 2 aromatic carbocycles. The van der Waals surface area contributed by atoms with E-state index in [0.717, 1.165) is 0 Å². The van der Waals surface area contributed by atoms with Crippen molar-refractivity contribution in [2.75, 3.05) is 5.32 Å². The van der Waals surface area contributed by atoms with E-state index >= 15 is 0 Å². The van der Waals surface area contributed by atoms with Crippen molar-refractivity contribution in [2.24, 2.45) is 0 Å². The molecule has 0 radical (unpaired) electrons. The van der Waals surface area contributed by atoms with Gasteiger partial charge in [-0.3, -0.25) is 20.3 Å². The van der Waals surface area contributed by atoms with Crippen molar-refractivity contribution in [1.82, 2.24) is 10.9 Å². The Labute approximate surface area is 170 Å². The highest BCUT2D eigenvalue weighted by Gasteiger charge is 2.18. The van der Waals surface area contributed by atoms with Crippen LogP contribution in [0.4, 0.5) is 16.2 Å². The van der Waals surface area contributed by atoms with Crippen molar-refractivity contribution in [2.45, 2.75) is 20.0 Å². The Kier molecular flexibility index (Phi) is 7.02. The second kappa shape index (κ2) is 9.25. The van der Waals surface area contributed by atoms with Gasteiger partial charge in [-0.25, -0.2) is 10.2 Å². The highest BCUT2D eigenvalue weighted by Crippen LogP contribution is 2.29. The van der Waals surface area contributed by atoms with Gasteiger partial charge in [0.2, 0.25) is 0 Å². The topological polar surface area (TPSA) is 123 Å². The van der Waals surface area contributed by atoms with E-state index in [0.29, 0.717) is 5.56 Å². The number of halogens is 2. The molecule has 0 bridgehead atoms. The zero-order valence-electron chi connectivity index (χ0n) is 14.8. The summed E-state index contributed by atoms with van der Waals surface area (Å²) in [4.78, 5) is 34.2. The maximum atomic E-state index is 12.1. The van der Waals surface area contributed by atoms with E-state index in [2.05, 4.69) is 16.2 Å². The van der Waals surface area contributed by atoms with Gasteiger partial charge in [0.05, 0.1) is 20.7 Å². The second-order valence-corrected chi connectivity index (χ2v) is 6.42. The molecule has 148 valence electrons. The Morgan fingerprint density at radius 1 is 1.18 bits per heavy atom. The Bertz CT molecular complexity index is 922. The van der Waals surface area contributed by atoms with Crippen LogP contribution in [0.25, 0.3) is 0 Å². The van der Waals surface area contributed by atoms with Crippen LogP contribution in [-0.4, -0.2) is 23.0 Å². The molecule has 1 atom stereocenters. The minimum absolute atomic E-state index is 0.0533. The van der Waals surface area contributed by atoms with Crippen LogP contribution in [0.1, 0.15) is 12.5 Å². The number of nitro groups is 1. The Morgan fingerprint density at radius 2 is 1.89 bits per heavy atom. The van der Waals surface area contributed by atoms with Gasteiger partial charge in [-0.05, 0) is 38.1 Å². The zero-order valence-corrected chi connectivity index (χ0v) is 16.3. The predicted octanol–water partition coefficient (Wildman–Crippen LogP) is 3.83. The fourth-order valence-corrected chi connectivity index (χ4v) is 2.49. The van der Waals surface area contributed by atoms with E-state index in [-0.39, 0.29) is 27.2 Å². The number of carbonyl (C=O) groups is 2. The molecular weight excluding hydrogens is 411 g/mol. The molecule has 0 spiro atoms. The Morgan fingerprint density at radius 3 is 2.54 bits per heavy atom. The summed E-state index contributed by atoms with van der Waals surface area (Å²) in [7, 11) is 0. The van der Waals surface area contributed by atoms with Gasteiger partial charge in [-0.1, -0.05) is 29.3 Å². The van der Waals surface area contributed by atoms with E-state index in [1.54, 1.807) is 19.1 Å². The van der Waals surface area contributed by atoms with Gasteiger partial charge in [-0.15, -0.1) is 0 Å². The lowest BCUT2D eigenvalue weighted by atomic mass is 10.2. The van der Waals surface area contributed by atoms with Gasteiger partial charge in [0, 0.05) is 11.6 Å². The standard InChI is InChI=1S/C17H16Cl2N4O5/c1-9-8-11(6-7-14(9)23(26)27)28-10(2)16(24)21-22-17(25)20-13-5-3-4-12(18)15(13)19/h3-8,10H,1-2H3,(H,21,24)(H2,20,22,25)/t10-/m0/s1. The van der Waals surface area contributed by atoms with E-state index < -0.39 is 23.0 Å². The van der Waals surface area contributed by atoms with Gasteiger partial charge in [0.15, 0.2) is 6.10 Å². The molecule has 0 aromatic heterocycles. The molecule has 9 nitrogen and oxygen atoms in total. The van der Waals surface area contributed by atoms with E-state index in [1.165, 1.54) is 31.2 Å². The first-order valence-electron chi connectivity index (χ1n) is 7.91. The lowest BCUT2D eigenvalue weighted by Crippen LogP contribution is -2.48.